The number of nitrogens with one attached hydrogen (secondary N) is 1. The van der Waals surface area contributed by atoms with E-state index in [1.165, 1.54) is 12.5 Å². The van der Waals surface area contributed by atoms with Gasteiger partial charge in [-0.1, -0.05) is 0 Å². The van der Waals surface area contributed by atoms with E-state index in [0.717, 1.165) is 0 Å². The van der Waals surface area contributed by atoms with E-state index in [2.05, 4.69) is 13.8 Å². The van der Waals surface area contributed by atoms with Gasteiger partial charge in [-0.3, -0.25) is 4.98 Å². The molecular formula is C7H7NO3. The number of hydrogen-bond donors (Lipinski definition) is 1. The summed E-state index contributed by atoms with van der Waals surface area (Å²) in [5.74, 6) is -0.407. The van der Waals surface area contributed by atoms with Crippen LogP contribution in [0.2, 0.25) is 0 Å². The molecule has 0 radical (unpaired) electrons. The molecule has 0 unspecified atom stereocenters. The van der Waals surface area contributed by atoms with Crippen molar-refractivity contribution >= 4 is 0 Å². The molecule has 2 aromatic heterocycles. The number of furan rings is 1. The van der Waals surface area contributed by atoms with Crippen LogP contribution in [0.5, 0.6) is 0 Å². The minimum Gasteiger partial charge on any atom is -0.473 e. The third kappa shape index (κ3) is 3.10. The van der Waals surface area contributed by atoms with Gasteiger partial charge in [0, 0.05) is 6.20 Å². The maximum atomic E-state index is 9.85. The van der Waals surface area contributed by atoms with Crippen LogP contribution < -0.4 is 5.76 Å². The summed E-state index contributed by atoms with van der Waals surface area (Å²) >= 11 is 0. The first-order valence-electron chi connectivity index (χ1n) is 2.99. The highest BCUT2D eigenvalue weighted by Gasteiger charge is 1.72. The molecule has 0 saturated carbocycles. The summed E-state index contributed by atoms with van der Waals surface area (Å²) in [5, 5.41) is 0. The van der Waals surface area contributed by atoms with Crippen molar-refractivity contribution < 1.29 is 8.83 Å². The quantitative estimate of drug-likeness (QED) is 0.619. The van der Waals surface area contributed by atoms with Gasteiger partial charge in [-0.05, 0) is 12.1 Å². The number of aromatic nitrogens is 1. The molecule has 0 aromatic carbocycles. The number of rotatable bonds is 0. The molecule has 58 valence electrons. The fourth-order valence-electron chi connectivity index (χ4n) is 0.459. The molecule has 4 nitrogen and oxygen atoms in total. The van der Waals surface area contributed by atoms with Crippen molar-refractivity contribution in [2.24, 2.45) is 0 Å². The number of aromatic amines is 1. The average molecular weight is 153 g/mol. The van der Waals surface area contributed by atoms with E-state index in [0.29, 0.717) is 0 Å². The van der Waals surface area contributed by atoms with Crippen LogP contribution in [0.4, 0.5) is 0 Å². The van der Waals surface area contributed by atoms with Gasteiger partial charge in [0.15, 0.2) is 0 Å². The van der Waals surface area contributed by atoms with Crippen LogP contribution in [-0.2, 0) is 0 Å². The Bertz CT molecular complexity index is 272. The molecule has 0 fully saturated rings. The van der Waals surface area contributed by atoms with Crippen LogP contribution in [0.25, 0.3) is 0 Å². The Morgan fingerprint density at radius 3 is 2.09 bits per heavy atom. The second-order valence-corrected chi connectivity index (χ2v) is 1.65. The minimum absolute atomic E-state index is 0.407. The third-order valence-corrected chi connectivity index (χ3v) is 0.870. The van der Waals surface area contributed by atoms with Gasteiger partial charge in [0.2, 0.25) is 0 Å². The second kappa shape index (κ2) is 4.16. The molecule has 0 aliphatic carbocycles. The molecule has 11 heavy (non-hydrogen) atoms. The van der Waals surface area contributed by atoms with Crippen LogP contribution in [-0.4, -0.2) is 4.98 Å². The maximum absolute atomic E-state index is 9.85. The zero-order chi connectivity index (χ0) is 7.94. The number of hydrogen-bond acceptors (Lipinski definition) is 3. The van der Waals surface area contributed by atoms with E-state index >= 15 is 0 Å². The van der Waals surface area contributed by atoms with E-state index in [4.69, 9.17) is 0 Å². The minimum atomic E-state index is -0.407. The van der Waals surface area contributed by atoms with Crippen molar-refractivity contribution in [3.63, 3.8) is 0 Å². The van der Waals surface area contributed by atoms with Gasteiger partial charge >= 0.3 is 5.76 Å². The van der Waals surface area contributed by atoms with E-state index in [1.54, 1.807) is 12.5 Å². The van der Waals surface area contributed by atoms with Gasteiger partial charge in [-0.2, -0.15) is 0 Å². The van der Waals surface area contributed by atoms with Crippen LogP contribution in [0, 0.1) is 0 Å². The van der Waals surface area contributed by atoms with Crippen LogP contribution in [0.3, 0.4) is 0 Å². The van der Waals surface area contributed by atoms with Gasteiger partial charge in [0.05, 0.1) is 12.5 Å². The van der Waals surface area contributed by atoms with E-state index < -0.39 is 5.76 Å². The molecule has 4 heteroatoms. The predicted octanol–water partition coefficient (Wildman–Crippen LogP) is 1.25. The normalized spacial score (nSPS) is 8.36. The van der Waals surface area contributed by atoms with Crippen molar-refractivity contribution in [3.8, 4) is 0 Å². The Hall–Kier alpha value is -1.71. The van der Waals surface area contributed by atoms with Crippen molar-refractivity contribution in [1.29, 1.82) is 0 Å². The highest BCUT2D eigenvalue weighted by atomic mass is 16.4. The first-order valence-corrected chi connectivity index (χ1v) is 2.99. The monoisotopic (exact) mass is 153 g/mol. The molecule has 0 bridgehead atoms. The highest BCUT2D eigenvalue weighted by molar-refractivity contribution is 4.79. The molecular weight excluding hydrogens is 146 g/mol. The SMILES string of the molecule is O=c1[nH]cco1.c1ccoc1. The number of H-pyrrole nitrogens is 1. The smallest absolute Gasteiger partial charge is 0.416 e. The fourth-order valence-corrected chi connectivity index (χ4v) is 0.459. The summed E-state index contributed by atoms with van der Waals surface area (Å²) in [7, 11) is 0. The summed E-state index contributed by atoms with van der Waals surface area (Å²) in [6.45, 7) is 0. The van der Waals surface area contributed by atoms with Crippen molar-refractivity contribution in [3.05, 3.63) is 47.7 Å². The molecule has 1 N–H and O–H groups in total. The van der Waals surface area contributed by atoms with Crippen LogP contribution in [0.1, 0.15) is 0 Å². The number of oxazole rings is 1. The molecule has 2 rings (SSSR count). The molecule has 0 spiro atoms. The van der Waals surface area contributed by atoms with E-state index in [-0.39, 0.29) is 0 Å². The zero-order valence-electron chi connectivity index (χ0n) is 5.69. The lowest BCUT2D eigenvalue weighted by Crippen LogP contribution is -1.91. The Morgan fingerprint density at radius 2 is 1.91 bits per heavy atom. The summed E-state index contributed by atoms with van der Waals surface area (Å²) in [6, 6.07) is 3.67. The largest absolute Gasteiger partial charge is 0.473 e. The first kappa shape index (κ1) is 7.40. The predicted molar refractivity (Wildman–Crippen MR) is 38.0 cm³/mol. The molecule has 0 saturated heterocycles. The molecule has 2 heterocycles. The Balaban J connectivity index is 0.000000112. The molecule has 0 aliphatic heterocycles. The molecule has 0 atom stereocenters. The van der Waals surface area contributed by atoms with Crippen molar-refractivity contribution in [2.45, 2.75) is 0 Å². The second-order valence-electron chi connectivity index (χ2n) is 1.65. The van der Waals surface area contributed by atoms with Crippen LogP contribution >= 0.6 is 0 Å². The average Bonchev–Trinajstić information content (AvgIpc) is 2.57. The summed E-state index contributed by atoms with van der Waals surface area (Å²) in [6.07, 6.45) is 5.98. The van der Waals surface area contributed by atoms with Crippen molar-refractivity contribution in [2.75, 3.05) is 0 Å². The van der Waals surface area contributed by atoms with Gasteiger partial charge in [0.25, 0.3) is 0 Å². The van der Waals surface area contributed by atoms with E-state index in [9.17, 15) is 4.79 Å². The van der Waals surface area contributed by atoms with Crippen molar-refractivity contribution in [1.82, 2.24) is 4.98 Å². The third-order valence-electron chi connectivity index (χ3n) is 0.870. The Morgan fingerprint density at radius 1 is 1.18 bits per heavy atom. The zero-order valence-corrected chi connectivity index (χ0v) is 5.69. The maximum Gasteiger partial charge on any atom is 0.416 e. The lowest BCUT2D eigenvalue weighted by Gasteiger charge is -1.51. The standard InChI is InChI=1S/C4H4O.C3H3NO2/c1-2-4-5-3-1;5-3-4-1-2-6-3/h1-4H;1-2H,(H,4,5). The van der Waals surface area contributed by atoms with Gasteiger partial charge in [-0.25, -0.2) is 4.79 Å². The van der Waals surface area contributed by atoms with E-state index in [1.807, 2.05) is 12.1 Å². The van der Waals surface area contributed by atoms with Crippen LogP contribution in [0.15, 0.2) is 50.7 Å². The Kier molecular flexibility index (Phi) is 2.80. The summed E-state index contributed by atoms with van der Waals surface area (Å²) in [5.41, 5.74) is 0. The Labute approximate surface area is 62.5 Å². The summed E-state index contributed by atoms with van der Waals surface area (Å²) in [4.78, 5) is 12.1. The lowest BCUT2D eigenvalue weighted by atomic mass is 10.7. The molecule has 0 amide bonds. The summed E-state index contributed by atoms with van der Waals surface area (Å²) < 4.78 is 8.81. The van der Waals surface area contributed by atoms with Gasteiger partial charge < -0.3 is 8.83 Å². The lowest BCUT2D eigenvalue weighted by molar-refractivity contribution is 0.515. The molecule has 0 aliphatic rings. The fraction of sp³-hybridized carbons (Fsp3) is 0. The molecule has 2 aromatic rings. The van der Waals surface area contributed by atoms with Gasteiger partial charge in [0.1, 0.15) is 6.26 Å². The first-order chi connectivity index (χ1) is 5.39. The highest BCUT2D eigenvalue weighted by Crippen LogP contribution is 1.79. The topological polar surface area (TPSA) is 59.1 Å². The van der Waals surface area contributed by atoms with Gasteiger partial charge in [-0.15, -0.1) is 0 Å².